The number of thioether (sulfide) groups is 2. The molecule has 0 saturated carbocycles. The van der Waals surface area contributed by atoms with E-state index >= 15 is 0 Å². The van der Waals surface area contributed by atoms with Crippen LogP contribution in [0.4, 0.5) is 0 Å². The fourth-order valence-electron chi connectivity index (χ4n) is 0.997. The van der Waals surface area contributed by atoms with Crippen LogP contribution >= 0.6 is 35.7 Å². The Balaban J connectivity index is 2.18. The van der Waals surface area contributed by atoms with Gasteiger partial charge in [0.05, 0.1) is 0 Å². The molecule has 0 spiro atoms. The first-order chi connectivity index (χ1) is 8.59. The van der Waals surface area contributed by atoms with Crippen molar-refractivity contribution in [1.82, 2.24) is 0 Å². The predicted molar refractivity (Wildman–Crippen MR) is 83.1 cm³/mol. The maximum atomic E-state index is 11.1. The standard InChI is InChI=1S/C13H14O2S3/c1-10(2)12(14)15-8-9-17-13(16)18-11-6-4-3-5-7-11/h3-7H,1,8-9H2,2H3. The lowest BCUT2D eigenvalue weighted by Crippen LogP contribution is -2.08. The molecule has 0 unspecified atom stereocenters. The fourth-order valence-corrected chi connectivity index (χ4v) is 3.13. The Morgan fingerprint density at radius 2 is 2.06 bits per heavy atom. The molecule has 0 radical (unpaired) electrons. The van der Waals surface area contributed by atoms with Crippen LogP contribution in [0.15, 0.2) is 47.4 Å². The minimum absolute atomic E-state index is 0.350. The smallest absolute Gasteiger partial charge is 0.333 e. The van der Waals surface area contributed by atoms with Crippen LogP contribution in [0.25, 0.3) is 0 Å². The highest BCUT2D eigenvalue weighted by molar-refractivity contribution is 8.47. The van der Waals surface area contributed by atoms with Crippen molar-refractivity contribution >= 4 is 45.2 Å². The average molecular weight is 298 g/mol. The van der Waals surface area contributed by atoms with Gasteiger partial charge < -0.3 is 4.74 Å². The van der Waals surface area contributed by atoms with Gasteiger partial charge in [0.2, 0.25) is 0 Å². The molecule has 0 bridgehead atoms. The lowest BCUT2D eigenvalue weighted by molar-refractivity contribution is -0.138. The van der Waals surface area contributed by atoms with Crippen LogP contribution in [-0.4, -0.2) is 21.9 Å². The molecule has 0 aliphatic rings. The van der Waals surface area contributed by atoms with Crippen molar-refractivity contribution in [2.45, 2.75) is 11.8 Å². The highest BCUT2D eigenvalue weighted by atomic mass is 32.2. The summed E-state index contributed by atoms with van der Waals surface area (Å²) in [6.07, 6.45) is 0. The normalized spacial score (nSPS) is 9.83. The van der Waals surface area contributed by atoms with Crippen molar-refractivity contribution in [2.75, 3.05) is 12.4 Å². The third-order valence-electron chi connectivity index (χ3n) is 1.83. The number of esters is 1. The summed E-state index contributed by atoms with van der Waals surface area (Å²) in [4.78, 5) is 12.2. The van der Waals surface area contributed by atoms with E-state index in [2.05, 4.69) is 6.58 Å². The molecule has 1 aromatic carbocycles. The fraction of sp³-hybridized carbons (Fsp3) is 0.231. The van der Waals surface area contributed by atoms with E-state index in [0.29, 0.717) is 17.9 Å². The van der Waals surface area contributed by atoms with Crippen molar-refractivity contribution in [3.8, 4) is 0 Å². The summed E-state index contributed by atoms with van der Waals surface area (Å²) in [6, 6.07) is 9.95. The van der Waals surface area contributed by atoms with Gasteiger partial charge in [-0.1, -0.05) is 48.8 Å². The van der Waals surface area contributed by atoms with Crippen LogP contribution < -0.4 is 0 Å². The van der Waals surface area contributed by atoms with Gasteiger partial charge in [0, 0.05) is 16.2 Å². The molecule has 0 heterocycles. The van der Waals surface area contributed by atoms with E-state index in [1.165, 1.54) is 11.8 Å². The second kappa shape index (κ2) is 8.34. The molecular weight excluding hydrogens is 284 g/mol. The molecule has 1 aromatic rings. The highest BCUT2D eigenvalue weighted by Gasteiger charge is 2.04. The van der Waals surface area contributed by atoms with Crippen LogP contribution in [0.5, 0.6) is 0 Å². The van der Waals surface area contributed by atoms with E-state index in [9.17, 15) is 4.79 Å². The van der Waals surface area contributed by atoms with Gasteiger partial charge in [-0.15, -0.1) is 11.8 Å². The average Bonchev–Trinajstić information content (AvgIpc) is 2.35. The van der Waals surface area contributed by atoms with Crippen LogP contribution in [0.1, 0.15) is 6.92 Å². The van der Waals surface area contributed by atoms with E-state index < -0.39 is 0 Å². The molecule has 0 aliphatic heterocycles. The molecule has 18 heavy (non-hydrogen) atoms. The van der Waals surface area contributed by atoms with Gasteiger partial charge in [-0.05, 0) is 19.1 Å². The topological polar surface area (TPSA) is 26.3 Å². The zero-order valence-electron chi connectivity index (χ0n) is 10.0. The quantitative estimate of drug-likeness (QED) is 0.270. The first-order valence-electron chi connectivity index (χ1n) is 5.32. The number of thiocarbonyl (C=S) groups is 1. The Morgan fingerprint density at radius 1 is 1.39 bits per heavy atom. The van der Waals surface area contributed by atoms with E-state index in [-0.39, 0.29) is 5.97 Å². The minimum atomic E-state index is -0.350. The van der Waals surface area contributed by atoms with Crippen molar-refractivity contribution in [3.63, 3.8) is 0 Å². The Bertz CT molecular complexity index is 429. The number of rotatable bonds is 5. The van der Waals surface area contributed by atoms with Crippen LogP contribution in [0.2, 0.25) is 0 Å². The number of ether oxygens (including phenoxy) is 1. The summed E-state index contributed by atoms with van der Waals surface area (Å²) in [5.41, 5.74) is 0.418. The van der Waals surface area contributed by atoms with E-state index in [1.807, 2.05) is 30.3 Å². The largest absolute Gasteiger partial charge is 0.461 e. The van der Waals surface area contributed by atoms with E-state index in [1.54, 1.807) is 18.7 Å². The maximum absolute atomic E-state index is 11.1. The molecule has 0 saturated heterocycles. The van der Waals surface area contributed by atoms with Crippen molar-refractivity contribution < 1.29 is 9.53 Å². The predicted octanol–water partition coefficient (Wildman–Crippen LogP) is 3.92. The monoisotopic (exact) mass is 298 g/mol. The molecule has 0 aliphatic carbocycles. The molecule has 96 valence electrons. The summed E-state index contributed by atoms with van der Waals surface area (Å²) in [6.45, 7) is 5.50. The maximum Gasteiger partial charge on any atom is 0.333 e. The molecule has 2 nitrogen and oxygen atoms in total. The molecule has 0 amide bonds. The third-order valence-corrected chi connectivity index (χ3v) is 4.32. The Morgan fingerprint density at radius 3 is 2.67 bits per heavy atom. The van der Waals surface area contributed by atoms with Gasteiger partial charge in [-0.25, -0.2) is 4.79 Å². The lowest BCUT2D eigenvalue weighted by atomic mass is 10.4. The van der Waals surface area contributed by atoms with Crippen LogP contribution in [0.3, 0.4) is 0 Å². The molecule has 5 heteroatoms. The molecule has 0 aromatic heterocycles. The van der Waals surface area contributed by atoms with Crippen LogP contribution in [-0.2, 0) is 9.53 Å². The number of benzene rings is 1. The SMILES string of the molecule is C=C(C)C(=O)OCCSC(=S)Sc1ccccc1. The number of hydrogen-bond donors (Lipinski definition) is 0. The summed E-state index contributed by atoms with van der Waals surface area (Å²) < 4.78 is 5.80. The number of hydrogen-bond acceptors (Lipinski definition) is 5. The summed E-state index contributed by atoms with van der Waals surface area (Å²) in [7, 11) is 0. The van der Waals surface area contributed by atoms with Gasteiger partial charge in [0.1, 0.15) is 10.1 Å². The van der Waals surface area contributed by atoms with Gasteiger partial charge in [0.15, 0.2) is 0 Å². The van der Waals surface area contributed by atoms with Gasteiger partial charge in [-0.3, -0.25) is 0 Å². The van der Waals surface area contributed by atoms with Crippen molar-refractivity contribution in [3.05, 3.63) is 42.5 Å². The van der Waals surface area contributed by atoms with Gasteiger partial charge >= 0.3 is 5.97 Å². The first kappa shape index (κ1) is 15.3. The summed E-state index contributed by atoms with van der Waals surface area (Å²) >= 11 is 8.29. The zero-order valence-corrected chi connectivity index (χ0v) is 12.5. The Hall–Kier alpha value is -0.780. The molecule has 1 rings (SSSR count). The highest BCUT2D eigenvalue weighted by Crippen LogP contribution is 2.25. The molecule has 0 N–H and O–H groups in total. The van der Waals surface area contributed by atoms with Gasteiger partial charge in [0.25, 0.3) is 0 Å². The van der Waals surface area contributed by atoms with Crippen molar-refractivity contribution in [2.24, 2.45) is 0 Å². The summed E-state index contributed by atoms with van der Waals surface area (Å²) in [5, 5.41) is 0. The minimum Gasteiger partial charge on any atom is -0.461 e. The number of carbonyl (C=O) groups is 1. The molecular formula is C13H14O2S3. The van der Waals surface area contributed by atoms with Crippen LogP contribution in [0, 0.1) is 0 Å². The number of carbonyl (C=O) groups excluding carboxylic acids is 1. The first-order valence-corrected chi connectivity index (χ1v) is 7.53. The van der Waals surface area contributed by atoms with E-state index in [0.717, 1.165) is 8.42 Å². The zero-order chi connectivity index (χ0) is 13.4. The molecule has 0 fully saturated rings. The Kier molecular flexibility index (Phi) is 7.08. The van der Waals surface area contributed by atoms with E-state index in [4.69, 9.17) is 17.0 Å². The van der Waals surface area contributed by atoms with Gasteiger partial charge in [-0.2, -0.15) is 0 Å². The third kappa shape index (κ3) is 6.23. The lowest BCUT2D eigenvalue weighted by Gasteiger charge is -2.05. The molecule has 0 atom stereocenters. The summed E-state index contributed by atoms with van der Waals surface area (Å²) in [5.74, 6) is 0.315. The van der Waals surface area contributed by atoms with Crippen molar-refractivity contribution in [1.29, 1.82) is 0 Å². The second-order valence-corrected chi connectivity index (χ2v) is 6.80. The second-order valence-electron chi connectivity index (χ2n) is 3.43. The Labute approximate surface area is 121 Å².